The van der Waals surface area contributed by atoms with Crippen molar-refractivity contribution >= 4 is 0 Å². The number of nitrogens with two attached hydrogens (primary N) is 1. The molecular formula is C15H26N2O. The summed E-state index contributed by atoms with van der Waals surface area (Å²) in [5.74, 6) is 1.52. The fourth-order valence-corrected chi connectivity index (χ4v) is 1.81. The van der Waals surface area contributed by atoms with E-state index < -0.39 is 0 Å². The fraction of sp³-hybridized carbons (Fsp3) is 0.600. The predicted molar refractivity (Wildman–Crippen MR) is 77.3 cm³/mol. The molecule has 0 amide bonds. The van der Waals surface area contributed by atoms with E-state index >= 15 is 0 Å². The molecule has 0 unspecified atom stereocenters. The van der Waals surface area contributed by atoms with Crippen LogP contribution in [0.15, 0.2) is 18.2 Å². The lowest BCUT2D eigenvalue weighted by Gasteiger charge is -2.12. The lowest BCUT2D eigenvalue weighted by molar-refractivity contribution is 0.308. The van der Waals surface area contributed by atoms with Crippen molar-refractivity contribution in [2.75, 3.05) is 26.2 Å². The number of benzene rings is 1. The van der Waals surface area contributed by atoms with Gasteiger partial charge in [-0.1, -0.05) is 19.9 Å². The highest BCUT2D eigenvalue weighted by Crippen LogP contribution is 2.22. The number of ether oxygens (including phenoxy) is 1. The Balaban J connectivity index is 2.37. The molecule has 1 rings (SSSR count). The first-order valence-corrected chi connectivity index (χ1v) is 6.78. The second-order valence-electron chi connectivity index (χ2n) is 4.97. The molecule has 0 saturated heterocycles. The van der Waals surface area contributed by atoms with E-state index in [2.05, 4.69) is 44.3 Å². The van der Waals surface area contributed by atoms with E-state index in [1.165, 1.54) is 11.1 Å². The van der Waals surface area contributed by atoms with E-state index in [1.54, 1.807) is 0 Å². The van der Waals surface area contributed by atoms with Crippen molar-refractivity contribution in [3.05, 3.63) is 29.3 Å². The van der Waals surface area contributed by atoms with Crippen molar-refractivity contribution in [2.24, 2.45) is 5.73 Å². The van der Waals surface area contributed by atoms with E-state index in [0.717, 1.165) is 31.9 Å². The van der Waals surface area contributed by atoms with Gasteiger partial charge in [0.2, 0.25) is 0 Å². The molecule has 0 atom stereocenters. The molecule has 3 N–H and O–H groups in total. The van der Waals surface area contributed by atoms with Crippen LogP contribution >= 0.6 is 0 Å². The van der Waals surface area contributed by atoms with E-state index in [1.807, 2.05) is 0 Å². The van der Waals surface area contributed by atoms with E-state index in [0.29, 0.717) is 12.5 Å². The van der Waals surface area contributed by atoms with Gasteiger partial charge in [0.05, 0.1) is 6.61 Å². The molecular weight excluding hydrogens is 224 g/mol. The second-order valence-corrected chi connectivity index (χ2v) is 4.97. The zero-order valence-corrected chi connectivity index (χ0v) is 11.8. The molecule has 1 aromatic rings. The third-order valence-corrected chi connectivity index (χ3v) is 2.83. The Labute approximate surface area is 111 Å². The molecule has 0 heterocycles. The van der Waals surface area contributed by atoms with Crippen molar-refractivity contribution in [3.63, 3.8) is 0 Å². The average Bonchev–Trinajstić information content (AvgIpc) is 2.33. The summed E-state index contributed by atoms with van der Waals surface area (Å²) in [4.78, 5) is 0. The summed E-state index contributed by atoms with van der Waals surface area (Å²) < 4.78 is 5.79. The number of hydrogen-bond donors (Lipinski definition) is 2. The van der Waals surface area contributed by atoms with Gasteiger partial charge in [0, 0.05) is 13.1 Å². The summed E-state index contributed by atoms with van der Waals surface area (Å²) in [6.07, 6.45) is 1.00. The van der Waals surface area contributed by atoms with Gasteiger partial charge in [0.1, 0.15) is 5.75 Å². The lowest BCUT2D eigenvalue weighted by Crippen LogP contribution is -2.24. The van der Waals surface area contributed by atoms with Gasteiger partial charge >= 0.3 is 0 Å². The maximum absolute atomic E-state index is 5.79. The highest BCUT2D eigenvalue weighted by atomic mass is 16.5. The highest BCUT2D eigenvalue weighted by molar-refractivity contribution is 5.35. The summed E-state index contributed by atoms with van der Waals surface area (Å²) in [6, 6.07) is 6.46. The minimum atomic E-state index is 0.540. The minimum absolute atomic E-state index is 0.540. The van der Waals surface area contributed by atoms with Crippen LogP contribution in [0.2, 0.25) is 0 Å². The first-order valence-electron chi connectivity index (χ1n) is 6.78. The smallest absolute Gasteiger partial charge is 0.119 e. The van der Waals surface area contributed by atoms with Crippen LogP contribution < -0.4 is 15.8 Å². The van der Waals surface area contributed by atoms with Crippen molar-refractivity contribution in [3.8, 4) is 5.75 Å². The summed E-state index contributed by atoms with van der Waals surface area (Å²) in [7, 11) is 0. The topological polar surface area (TPSA) is 47.3 Å². The molecule has 0 fully saturated rings. The quantitative estimate of drug-likeness (QED) is 0.697. The standard InChI is InChI=1S/C15H26N2O/c1-12(2)14-9-13(3)10-15(11-14)18-8-4-6-17-7-5-16/h9-12,17H,4-8,16H2,1-3H3. The van der Waals surface area contributed by atoms with Gasteiger partial charge in [-0.25, -0.2) is 0 Å². The van der Waals surface area contributed by atoms with Gasteiger partial charge in [0.15, 0.2) is 0 Å². The Morgan fingerprint density at radius 3 is 2.67 bits per heavy atom. The molecule has 102 valence electrons. The van der Waals surface area contributed by atoms with Gasteiger partial charge in [-0.3, -0.25) is 0 Å². The predicted octanol–water partition coefficient (Wildman–Crippen LogP) is 2.44. The summed E-state index contributed by atoms with van der Waals surface area (Å²) in [6.45, 7) is 9.79. The van der Waals surface area contributed by atoms with Crippen LogP contribution in [0.5, 0.6) is 5.75 Å². The Morgan fingerprint density at radius 2 is 2.00 bits per heavy atom. The summed E-state index contributed by atoms with van der Waals surface area (Å²) in [5.41, 5.74) is 8.00. The molecule has 0 aromatic heterocycles. The molecule has 0 radical (unpaired) electrons. The van der Waals surface area contributed by atoms with Gasteiger partial charge in [0.25, 0.3) is 0 Å². The SMILES string of the molecule is Cc1cc(OCCCNCCN)cc(C(C)C)c1. The van der Waals surface area contributed by atoms with Gasteiger partial charge in [-0.15, -0.1) is 0 Å². The molecule has 18 heavy (non-hydrogen) atoms. The number of aryl methyl sites for hydroxylation is 1. The Hall–Kier alpha value is -1.06. The number of hydrogen-bond acceptors (Lipinski definition) is 3. The third kappa shape index (κ3) is 5.52. The molecule has 0 aliphatic heterocycles. The molecule has 1 aromatic carbocycles. The Kier molecular flexibility index (Phi) is 6.76. The number of rotatable bonds is 8. The van der Waals surface area contributed by atoms with Crippen LogP contribution in [-0.4, -0.2) is 26.2 Å². The summed E-state index contributed by atoms with van der Waals surface area (Å²) in [5, 5.41) is 3.26. The number of nitrogens with one attached hydrogen (secondary N) is 1. The summed E-state index contributed by atoms with van der Waals surface area (Å²) >= 11 is 0. The van der Waals surface area contributed by atoms with E-state index in [4.69, 9.17) is 10.5 Å². The fourth-order valence-electron chi connectivity index (χ4n) is 1.81. The zero-order chi connectivity index (χ0) is 13.4. The highest BCUT2D eigenvalue weighted by Gasteiger charge is 2.03. The average molecular weight is 250 g/mol. The molecule has 0 aliphatic carbocycles. The first-order chi connectivity index (χ1) is 8.63. The normalized spacial score (nSPS) is 10.9. The Bertz CT molecular complexity index is 350. The van der Waals surface area contributed by atoms with Crippen molar-refractivity contribution < 1.29 is 4.74 Å². The lowest BCUT2D eigenvalue weighted by atomic mass is 10.0. The van der Waals surface area contributed by atoms with Crippen molar-refractivity contribution in [2.45, 2.75) is 33.1 Å². The molecule has 3 heteroatoms. The van der Waals surface area contributed by atoms with Gasteiger partial charge < -0.3 is 15.8 Å². The maximum Gasteiger partial charge on any atom is 0.119 e. The zero-order valence-electron chi connectivity index (χ0n) is 11.8. The van der Waals surface area contributed by atoms with Crippen LogP contribution in [-0.2, 0) is 0 Å². The van der Waals surface area contributed by atoms with Crippen molar-refractivity contribution in [1.29, 1.82) is 0 Å². The van der Waals surface area contributed by atoms with Gasteiger partial charge in [-0.2, -0.15) is 0 Å². The molecule has 0 bridgehead atoms. The van der Waals surface area contributed by atoms with E-state index in [-0.39, 0.29) is 0 Å². The van der Waals surface area contributed by atoms with Crippen LogP contribution in [0.3, 0.4) is 0 Å². The third-order valence-electron chi connectivity index (χ3n) is 2.83. The Morgan fingerprint density at radius 1 is 1.22 bits per heavy atom. The van der Waals surface area contributed by atoms with E-state index in [9.17, 15) is 0 Å². The van der Waals surface area contributed by atoms with Crippen LogP contribution in [0.1, 0.15) is 37.3 Å². The van der Waals surface area contributed by atoms with Crippen LogP contribution in [0, 0.1) is 6.92 Å². The maximum atomic E-state index is 5.79. The molecule has 3 nitrogen and oxygen atoms in total. The first kappa shape index (κ1) is 15.0. The molecule has 0 spiro atoms. The second kappa shape index (κ2) is 8.11. The van der Waals surface area contributed by atoms with Crippen LogP contribution in [0.4, 0.5) is 0 Å². The van der Waals surface area contributed by atoms with Crippen molar-refractivity contribution in [1.82, 2.24) is 5.32 Å². The van der Waals surface area contributed by atoms with Crippen LogP contribution in [0.25, 0.3) is 0 Å². The van der Waals surface area contributed by atoms with Gasteiger partial charge in [-0.05, 0) is 49.1 Å². The largest absolute Gasteiger partial charge is 0.494 e. The minimum Gasteiger partial charge on any atom is -0.494 e. The molecule has 0 aliphatic rings. The monoisotopic (exact) mass is 250 g/mol. The molecule has 0 saturated carbocycles.